The molecule has 0 bridgehead atoms. The predicted molar refractivity (Wildman–Crippen MR) is 137 cm³/mol. The van der Waals surface area contributed by atoms with E-state index in [1.807, 2.05) is 32.0 Å². The lowest BCUT2D eigenvalue weighted by molar-refractivity contribution is 0.0951. The molecule has 4 nitrogen and oxygen atoms in total. The van der Waals surface area contributed by atoms with Crippen LogP contribution in [0.1, 0.15) is 66.4 Å². The van der Waals surface area contributed by atoms with Crippen LogP contribution in [-0.4, -0.2) is 30.5 Å². The Bertz CT molecular complexity index is 1190. The number of amides is 1. The van der Waals surface area contributed by atoms with Gasteiger partial charge in [-0.2, -0.15) is 0 Å². The van der Waals surface area contributed by atoms with Crippen molar-refractivity contribution in [1.29, 1.82) is 0 Å². The van der Waals surface area contributed by atoms with Gasteiger partial charge in [-0.15, -0.1) is 0 Å². The number of anilines is 1. The van der Waals surface area contributed by atoms with Gasteiger partial charge in [-0.25, -0.2) is 13.8 Å². The number of aromatic nitrogens is 1. The highest BCUT2D eigenvalue weighted by atomic mass is 79.9. The second-order valence-electron chi connectivity index (χ2n) is 9.01. The normalized spacial score (nSPS) is 14.9. The van der Waals surface area contributed by atoms with E-state index in [0.29, 0.717) is 17.5 Å². The number of benzene rings is 2. The van der Waals surface area contributed by atoms with Crippen molar-refractivity contribution < 1.29 is 13.6 Å². The highest BCUT2D eigenvalue weighted by Crippen LogP contribution is 2.32. The summed E-state index contributed by atoms with van der Waals surface area (Å²) in [5, 5.41) is 3.79. The zero-order valence-corrected chi connectivity index (χ0v) is 21.2. The zero-order valence-electron chi connectivity index (χ0n) is 19.6. The maximum absolute atomic E-state index is 14.5. The summed E-state index contributed by atoms with van der Waals surface area (Å²) in [6.45, 7) is 6.02. The summed E-state index contributed by atoms with van der Waals surface area (Å²) in [5.74, 6) is -0.613. The minimum absolute atomic E-state index is 0.223. The molecule has 1 atom stereocenters. The van der Waals surface area contributed by atoms with Crippen molar-refractivity contribution in [3.63, 3.8) is 0 Å². The fourth-order valence-corrected chi connectivity index (χ4v) is 5.23. The monoisotopic (exact) mass is 529 g/mol. The van der Waals surface area contributed by atoms with E-state index in [1.54, 1.807) is 0 Å². The van der Waals surface area contributed by atoms with Gasteiger partial charge in [0.1, 0.15) is 17.5 Å². The Balaban J connectivity index is 1.68. The van der Waals surface area contributed by atoms with E-state index >= 15 is 0 Å². The van der Waals surface area contributed by atoms with E-state index in [1.165, 1.54) is 12.5 Å². The number of nitrogens with zero attached hydrogens (tertiary/aromatic N) is 2. The van der Waals surface area contributed by atoms with Gasteiger partial charge in [0.15, 0.2) is 0 Å². The maximum atomic E-state index is 14.5. The summed E-state index contributed by atoms with van der Waals surface area (Å²) >= 11 is 3.52. The van der Waals surface area contributed by atoms with Crippen LogP contribution in [0.25, 0.3) is 10.9 Å². The van der Waals surface area contributed by atoms with Crippen molar-refractivity contribution in [1.82, 2.24) is 10.3 Å². The Morgan fingerprint density at radius 1 is 1.15 bits per heavy atom. The molecule has 1 aliphatic heterocycles. The fourth-order valence-electron chi connectivity index (χ4n) is 4.87. The number of carbonyl (C=O) groups is 1. The largest absolute Gasteiger partial charge is 0.356 e. The highest BCUT2D eigenvalue weighted by molar-refractivity contribution is 9.10. The van der Waals surface area contributed by atoms with Crippen LogP contribution >= 0.6 is 15.9 Å². The molecule has 1 N–H and O–H groups in total. The molecule has 1 fully saturated rings. The van der Waals surface area contributed by atoms with E-state index in [9.17, 15) is 13.6 Å². The minimum Gasteiger partial charge on any atom is -0.356 e. The first-order valence-electron chi connectivity index (χ1n) is 12.0. The third kappa shape index (κ3) is 5.24. The number of rotatable bonds is 7. The standard InChI is InChI=1S/C27H30BrF2N3O/c1-3-7-18(21-15-20(29)9-10-23(21)30)16-31-27(34)25-17(2)26(33-12-5-4-6-13-33)32-24-11-8-19(28)14-22(24)25/h8-11,14-15,18H,3-7,12-13,16H2,1-2H3,(H,31,34). The van der Waals surface area contributed by atoms with Gasteiger partial charge in [-0.1, -0.05) is 29.3 Å². The third-order valence-electron chi connectivity index (χ3n) is 6.59. The second-order valence-corrected chi connectivity index (χ2v) is 9.92. The van der Waals surface area contributed by atoms with Crippen LogP contribution in [0.4, 0.5) is 14.6 Å². The first-order chi connectivity index (χ1) is 16.4. The van der Waals surface area contributed by atoms with Crippen LogP contribution in [0.15, 0.2) is 40.9 Å². The molecule has 34 heavy (non-hydrogen) atoms. The Morgan fingerprint density at radius 2 is 1.91 bits per heavy atom. The van der Waals surface area contributed by atoms with E-state index in [2.05, 4.69) is 26.1 Å². The average Bonchev–Trinajstić information content (AvgIpc) is 2.83. The molecule has 1 unspecified atom stereocenters. The lowest BCUT2D eigenvalue weighted by atomic mass is 9.93. The molecular formula is C27H30BrF2N3O. The maximum Gasteiger partial charge on any atom is 0.252 e. The average molecular weight is 530 g/mol. The number of hydrogen-bond acceptors (Lipinski definition) is 3. The summed E-state index contributed by atoms with van der Waals surface area (Å²) in [4.78, 5) is 20.8. The third-order valence-corrected chi connectivity index (χ3v) is 7.08. The Hall–Kier alpha value is -2.54. The zero-order chi connectivity index (χ0) is 24.2. The fraction of sp³-hybridized carbons (Fsp3) is 0.407. The first kappa shape index (κ1) is 24.6. The topological polar surface area (TPSA) is 45.2 Å². The molecule has 1 aromatic heterocycles. The van der Waals surface area contributed by atoms with Gasteiger partial charge in [0.25, 0.3) is 5.91 Å². The summed E-state index contributed by atoms with van der Waals surface area (Å²) < 4.78 is 29.2. The molecule has 1 saturated heterocycles. The van der Waals surface area contributed by atoms with Crippen LogP contribution in [0.3, 0.4) is 0 Å². The van der Waals surface area contributed by atoms with Crippen LogP contribution in [0.5, 0.6) is 0 Å². The molecular weight excluding hydrogens is 500 g/mol. The number of fused-ring (bicyclic) bond motifs is 1. The van der Waals surface area contributed by atoms with Gasteiger partial charge in [-0.3, -0.25) is 4.79 Å². The molecule has 0 saturated carbocycles. The van der Waals surface area contributed by atoms with Gasteiger partial charge < -0.3 is 10.2 Å². The van der Waals surface area contributed by atoms with Crippen LogP contribution in [-0.2, 0) is 0 Å². The molecule has 0 radical (unpaired) electrons. The predicted octanol–water partition coefficient (Wildman–Crippen LogP) is 6.89. The lowest BCUT2D eigenvalue weighted by Gasteiger charge is -2.30. The van der Waals surface area contributed by atoms with E-state index in [0.717, 1.165) is 71.2 Å². The van der Waals surface area contributed by atoms with Crippen molar-refractivity contribution in [3.05, 3.63) is 69.2 Å². The molecule has 2 aromatic carbocycles. The molecule has 0 spiro atoms. The van der Waals surface area contributed by atoms with Gasteiger partial charge in [0.2, 0.25) is 0 Å². The van der Waals surface area contributed by atoms with Gasteiger partial charge >= 0.3 is 0 Å². The van der Waals surface area contributed by atoms with Crippen LogP contribution in [0, 0.1) is 18.6 Å². The Morgan fingerprint density at radius 3 is 2.65 bits per heavy atom. The van der Waals surface area contributed by atoms with E-state index < -0.39 is 11.6 Å². The molecule has 1 amide bonds. The molecule has 180 valence electrons. The summed E-state index contributed by atoms with van der Waals surface area (Å²) in [6, 6.07) is 9.27. The molecule has 3 aromatic rings. The molecule has 7 heteroatoms. The van der Waals surface area contributed by atoms with Crippen molar-refractivity contribution in [2.45, 2.75) is 51.9 Å². The molecule has 1 aliphatic rings. The first-order valence-corrected chi connectivity index (χ1v) is 12.8. The van der Waals surface area contributed by atoms with Crippen molar-refractivity contribution in [3.8, 4) is 0 Å². The van der Waals surface area contributed by atoms with Crippen molar-refractivity contribution in [2.24, 2.45) is 0 Å². The summed E-state index contributed by atoms with van der Waals surface area (Å²) in [6.07, 6.45) is 4.86. The molecule has 2 heterocycles. The summed E-state index contributed by atoms with van der Waals surface area (Å²) in [5.41, 5.74) is 2.49. The van der Waals surface area contributed by atoms with Crippen molar-refractivity contribution in [2.75, 3.05) is 24.5 Å². The second kappa shape index (κ2) is 10.8. The summed E-state index contributed by atoms with van der Waals surface area (Å²) in [7, 11) is 0. The van der Waals surface area contributed by atoms with Crippen LogP contribution in [0.2, 0.25) is 0 Å². The molecule has 0 aliphatic carbocycles. The highest BCUT2D eigenvalue weighted by Gasteiger charge is 2.24. The number of pyridine rings is 1. The van der Waals surface area contributed by atoms with Gasteiger partial charge in [0.05, 0.1) is 11.1 Å². The van der Waals surface area contributed by atoms with Gasteiger partial charge in [-0.05, 0) is 74.6 Å². The quantitative estimate of drug-likeness (QED) is 0.362. The van der Waals surface area contributed by atoms with E-state index in [-0.39, 0.29) is 18.4 Å². The minimum atomic E-state index is -0.476. The van der Waals surface area contributed by atoms with Gasteiger partial charge in [0, 0.05) is 41.0 Å². The number of piperidine rings is 1. The Labute approximate surface area is 207 Å². The SMILES string of the molecule is CCCC(CNC(=O)c1c(C)c(N2CCCCC2)nc2ccc(Br)cc12)c1cc(F)ccc1F. The number of carbonyl (C=O) groups excluding carboxylic acids is 1. The number of hydrogen-bond donors (Lipinski definition) is 1. The lowest BCUT2D eigenvalue weighted by Crippen LogP contribution is -2.33. The van der Waals surface area contributed by atoms with E-state index in [4.69, 9.17) is 4.98 Å². The Kier molecular flexibility index (Phi) is 7.81. The number of halogens is 3. The molecule has 4 rings (SSSR count). The number of nitrogens with one attached hydrogen (secondary N) is 1. The van der Waals surface area contributed by atoms with Crippen molar-refractivity contribution >= 4 is 38.6 Å². The van der Waals surface area contributed by atoms with Crippen LogP contribution < -0.4 is 10.2 Å². The smallest absolute Gasteiger partial charge is 0.252 e.